The first kappa shape index (κ1) is 11.8. The first-order valence-electron chi connectivity index (χ1n) is 5.23. The number of non-ortho nitro benzene ring substituents is 1. The van der Waals surface area contributed by atoms with Crippen LogP contribution in [-0.4, -0.2) is 9.91 Å². The summed E-state index contributed by atoms with van der Waals surface area (Å²) in [4.78, 5) is 14.0. The quantitative estimate of drug-likeness (QED) is 0.658. The second-order valence-electron chi connectivity index (χ2n) is 3.63. The van der Waals surface area contributed by atoms with Crippen LogP contribution in [-0.2, 0) is 6.61 Å². The van der Waals surface area contributed by atoms with Crippen LogP contribution in [0.25, 0.3) is 0 Å². The van der Waals surface area contributed by atoms with Crippen molar-refractivity contribution < 1.29 is 9.66 Å². The molecule has 0 aliphatic rings. The van der Waals surface area contributed by atoms with Gasteiger partial charge in [-0.15, -0.1) is 0 Å². The van der Waals surface area contributed by atoms with Crippen molar-refractivity contribution in [2.45, 2.75) is 6.61 Å². The fourth-order valence-corrected chi connectivity index (χ4v) is 1.44. The van der Waals surface area contributed by atoms with Gasteiger partial charge in [0.15, 0.2) is 0 Å². The van der Waals surface area contributed by atoms with E-state index in [2.05, 4.69) is 4.98 Å². The predicted octanol–water partition coefficient (Wildman–Crippen LogP) is 2.15. The molecular weight excluding hydrogens is 234 g/mol. The van der Waals surface area contributed by atoms with Crippen molar-refractivity contribution in [1.82, 2.24) is 4.98 Å². The van der Waals surface area contributed by atoms with Crippen LogP contribution in [0.4, 0.5) is 11.5 Å². The second kappa shape index (κ2) is 5.13. The molecule has 92 valence electrons. The number of pyridine rings is 1. The Morgan fingerprint density at radius 2 is 2.17 bits per heavy atom. The van der Waals surface area contributed by atoms with Gasteiger partial charge in [0, 0.05) is 12.3 Å². The van der Waals surface area contributed by atoms with E-state index in [0.717, 1.165) is 5.56 Å². The van der Waals surface area contributed by atoms with Gasteiger partial charge >= 0.3 is 0 Å². The number of nitro groups is 1. The Kier molecular flexibility index (Phi) is 3.38. The Balaban J connectivity index is 2.06. The van der Waals surface area contributed by atoms with Crippen LogP contribution in [0.15, 0.2) is 42.6 Å². The number of hydrogen-bond donors (Lipinski definition) is 1. The van der Waals surface area contributed by atoms with Crippen LogP contribution in [0.5, 0.6) is 5.75 Å². The van der Waals surface area contributed by atoms with E-state index < -0.39 is 4.92 Å². The number of nitrogen functional groups attached to an aromatic ring is 1. The van der Waals surface area contributed by atoms with Gasteiger partial charge in [-0.2, -0.15) is 0 Å². The fraction of sp³-hybridized carbons (Fsp3) is 0.0833. The molecule has 0 radical (unpaired) electrons. The topological polar surface area (TPSA) is 91.3 Å². The molecule has 0 unspecified atom stereocenters. The summed E-state index contributed by atoms with van der Waals surface area (Å²) in [5.41, 5.74) is 6.39. The van der Waals surface area contributed by atoms with Crippen molar-refractivity contribution in [3.63, 3.8) is 0 Å². The van der Waals surface area contributed by atoms with Crippen molar-refractivity contribution in [2.24, 2.45) is 0 Å². The van der Waals surface area contributed by atoms with Crippen LogP contribution in [0.2, 0.25) is 0 Å². The normalized spacial score (nSPS) is 10.0. The number of nitrogens with two attached hydrogens (primary N) is 1. The summed E-state index contributed by atoms with van der Waals surface area (Å²) >= 11 is 0. The predicted molar refractivity (Wildman–Crippen MR) is 66.1 cm³/mol. The molecule has 6 heteroatoms. The van der Waals surface area contributed by atoms with Gasteiger partial charge in [-0.3, -0.25) is 10.1 Å². The van der Waals surface area contributed by atoms with Crippen molar-refractivity contribution in [1.29, 1.82) is 0 Å². The molecule has 0 aliphatic heterocycles. The Morgan fingerprint density at radius 1 is 1.33 bits per heavy atom. The van der Waals surface area contributed by atoms with E-state index in [4.69, 9.17) is 10.5 Å². The molecule has 0 fully saturated rings. The lowest BCUT2D eigenvalue weighted by Crippen LogP contribution is -1.98. The summed E-state index contributed by atoms with van der Waals surface area (Å²) < 4.78 is 5.45. The Morgan fingerprint density at radius 3 is 2.89 bits per heavy atom. The van der Waals surface area contributed by atoms with Gasteiger partial charge in [0.05, 0.1) is 11.0 Å². The highest BCUT2D eigenvalue weighted by molar-refractivity contribution is 5.38. The third-order valence-electron chi connectivity index (χ3n) is 2.28. The van der Waals surface area contributed by atoms with Gasteiger partial charge in [0.1, 0.15) is 18.2 Å². The lowest BCUT2D eigenvalue weighted by Gasteiger charge is -2.06. The SMILES string of the molecule is Nc1cc(COc2cccc([N+](=O)[O-])c2)ccn1. The summed E-state index contributed by atoms with van der Waals surface area (Å²) in [6, 6.07) is 9.50. The van der Waals surface area contributed by atoms with Crippen LogP contribution >= 0.6 is 0 Å². The first-order valence-corrected chi connectivity index (χ1v) is 5.23. The third-order valence-corrected chi connectivity index (χ3v) is 2.28. The number of rotatable bonds is 4. The summed E-state index contributed by atoms with van der Waals surface area (Å²) in [6.45, 7) is 0.286. The minimum Gasteiger partial charge on any atom is -0.489 e. The molecule has 1 aromatic heterocycles. The third kappa shape index (κ3) is 2.94. The first-order chi connectivity index (χ1) is 8.65. The number of nitro benzene ring substituents is 1. The molecule has 2 N–H and O–H groups in total. The van der Waals surface area contributed by atoms with E-state index in [9.17, 15) is 10.1 Å². The van der Waals surface area contributed by atoms with Gasteiger partial charge in [-0.05, 0) is 23.8 Å². The summed E-state index contributed by atoms with van der Waals surface area (Å²) in [5, 5.41) is 10.6. The summed E-state index contributed by atoms with van der Waals surface area (Å²) in [6.07, 6.45) is 1.58. The molecule has 0 atom stereocenters. The molecule has 1 heterocycles. The largest absolute Gasteiger partial charge is 0.489 e. The zero-order chi connectivity index (χ0) is 13.0. The van der Waals surface area contributed by atoms with E-state index in [0.29, 0.717) is 11.6 Å². The number of benzene rings is 1. The van der Waals surface area contributed by atoms with Gasteiger partial charge in [-0.25, -0.2) is 4.98 Å². The maximum atomic E-state index is 10.6. The van der Waals surface area contributed by atoms with Crippen LogP contribution in [0.3, 0.4) is 0 Å². The standard InChI is InChI=1S/C12H11N3O3/c13-12-6-9(4-5-14-12)8-18-11-3-1-2-10(7-11)15(16)17/h1-7H,8H2,(H2,13,14). The van der Waals surface area contributed by atoms with E-state index in [1.54, 1.807) is 30.5 Å². The van der Waals surface area contributed by atoms with E-state index in [1.165, 1.54) is 12.1 Å². The molecular formula is C12H11N3O3. The van der Waals surface area contributed by atoms with Gasteiger partial charge < -0.3 is 10.5 Å². The van der Waals surface area contributed by atoms with Crippen LogP contribution in [0, 0.1) is 10.1 Å². The van der Waals surface area contributed by atoms with Crippen molar-refractivity contribution >= 4 is 11.5 Å². The second-order valence-corrected chi connectivity index (χ2v) is 3.63. The van der Waals surface area contributed by atoms with Crippen molar-refractivity contribution in [3.8, 4) is 5.75 Å². The maximum Gasteiger partial charge on any atom is 0.273 e. The van der Waals surface area contributed by atoms with Crippen LogP contribution < -0.4 is 10.5 Å². The molecule has 0 aliphatic carbocycles. The molecule has 6 nitrogen and oxygen atoms in total. The van der Waals surface area contributed by atoms with Crippen LogP contribution in [0.1, 0.15) is 5.56 Å². The summed E-state index contributed by atoms with van der Waals surface area (Å²) in [7, 11) is 0. The molecule has 1 aromatic carbocycles. The number of nitrogens with zero attached hydrogens (tertiary/aromatic N) is 2. The molecule has 18 heavy (non-hydrogen) atoms. The highest BCUT2D eigenvalue weighted by Crippen LogP contribution is 2.20. The average molecular weight is 245 g/mol. The van der Waals surface area contributed by atoms with Gasteiger partial charge in [0.25, 0.3) is 5.69 Å². The number of ether oxygens (including phenoxy) is 1. The molecule has 0 spiro atoms. The maximum absolute atomic E-state index is 10.6. The minimum absolute atomic E-state index is 0.00161. The zero-order valence-corrected chi connectivity index (χ0v) is 9.45. The minimum atomic E-state index is -0.461. The number of anilines is 1. The highest BCUT2D eigenvalue weighted by Gasteiger charge is 2.06. The lowest BCUT2D eigenvalue weighted by atomic mass is 10.2. The molecule has 2 rings (SSSR count). The van der Waals surface area contributed by atoms with Crippen molar-refractivity contribution in [3.05, 3.63) is 58.3 Å². The Hall–Kier alpha value is -2.63. The molecule has 0 bridgehead atoms. The monoisotopic (exact) mass is 245 g/mol. The molecule has 0 amide bonds. The molecule has 0 saturated carbocycles. The zero-order valence-electron chi connectivity index (χ0n) is 9.45. The molecule has 2 aromatic rings. The lowest BCUT2D eigenvalue weighted by molar-refractivity contribution is -0.384. The Bertz CT molecular complexity index is 572. The van der Waals surface area contributed by atoms with Crippen molar-refractivity contribution in [2.75, 3.05) is 5.73 Å². The summed E-state index contributed by atoms with van der Waals surface area (Å²) in [5.74, 6) is 0.856. The Labute approximate surface area is 103 Å². The van der Waals surface area contributed by atoms with E-state index in [-0.39, 0.29) is 12.3 Å². The molecule has 0 saturated heterocycles. The smallest absolute Gasteiger partial charge is 0.273 e. The van der Waals surface area contributed by atoms with E-state index in [1.807, 2.05) is 0 Å². The van der Waals surface area contributed by atoms with Gasteiger partial charge in [0.2, 0.25) is 0 Å². The highest BCUT2D eigenvalue weighted by atomic mass is 16.6. The van der Waals surface area contributed by atoms with Gasteiger partial charge in [-0.1, -0.05) is 6.07 Å². The van der Waals surface area contributed by atoms with E-state index >= 15 is 0 Å². The fourth-order valence-electron chi connectivity index (χ4n) is 1.44. The average Bonchev–Trinajstić information content (AvgIpc) is 2.37. The number of hydrogen-bond acceptors (Lipinski definition) is 5. The number of aromatic nitrogens is 1.